The van der Waals surface area contributed by atoms with Crippen molar-refractivity contribution in [2.45, 2.75) is 45.1 Å². The van der Waals surface area contributed by atoms with E-state index in [-0.39, 0.29) is 0 Å². The van der Waals surface area contributed by atoms with Gasteiger partial charge in [-0.25, -0.2) is 0 Å². The maximum absolute atomic E-state index is 3.67. The largest absolute Gasteiger partial charge is 0.315 e. The van der Waals surface area contributed by atoms with Crippen LogP contribution in [-0.4, -0.2) is 36.6 Å². The molecule has 2 bridgehead atoms. The van der Waals surface area contributed by atoms with Crippen LogP contribution in [0.5, 0.6) is 0 Å². The molecule has 2 fully saturated rings. The lowest BCUT2D eigenvalue weighted by molar-refractivity contribution is 0.0572. The summed E-state index contributed by atoms with van der Waals surface area (Å²) in [4.78, 5) is 2.77. The van der Waals surface area contributed by atoms with Gasteiger partial charge in [0.1, 0.15) is 0 Å². The average molecular weight is 196 g/mol. The standard InChI is InChI=1S/C12H24N2/c1-3-12(4-2)10-13-8-11-6-5-7-14(12)9-11/h11,13H,3-10H2,1-2H3. The zero-order valence-corrected chi connectivity index (χ0v) is 9.68. The highest BCUT2D eigenvalue weighted by atomic mass is 15.2. The van der Waals surface area contributed by atoms with Gasteiger partial charge < -0.3 is 5.32 Å². The van der Waals surface area contributed by atoms with Gasteiger partial charge in [-0.15, -0.1) is 0 Å². The van der Waals surface area contributed by atoms with Crippen LogP contribution < -0.4 is 5.32 Å². The van der Waals surface area contributed by atoms with E-state index in [0.29, 0.717) is 5.54 Å². The van der Waals surface area contributed by atoms with Crippen molar-refractivity contribution < 1.29 is 0 Å². The van der Waals surface area contributed by atoms with Gasteiger partial charge in [0.15, 0.2) is 0 Å². The predicted molar refractivity (Wildman–Crippen MR) is 60.5 cm³/mol. The minimum Gasteiger partial charge on any atom is -0.315 e. The third-order valence-corrected chi connectivity index (χ3v) is 4.39. The van der Waals surface area contributed by atoms with Gasteiger partial charge in [-0.3, -0.25) is 4.90 Å². The first-order valence-electron chi connectivity index (χ1n) is 6.26. The second kappa shape index (κ2) is 4.19. The van der Waals surface area contributed by atoms with E-state index in [1.165, 1.54) is 51.9 Å². The average Bonchev–Trinajstić information content (AvgIpc) is 2.36. The molecule has 0 aromatic heterocycles. The van der Waals surface area contributed by atoms with Gasteiger partial charge in [-0.05, 0) is 44.7 Å². The molecule has 82 valence electrons. The van der Waals surface area contributed by atoms with Gasteiger partial charge in [0.2, 0.25) is 0 Å². The van der Waals surface area contributed by atoms with Crippen LogP contribution in [0.3, 0.4) is 0 Å². The van der Waals surface area contributed by atoms with Crippen molar-refractivity contribution >= 4 is 0 Å². The van der Waals surface area contributed by atoms with Crippen LogP contribution in [0.15, 0.2) is 0 Å². The summed E-state index contributed by atoms with van der Waals surface area (Å²) < 4.78 is 0. The number of rotatable bonds is 2. The van der Waals surface area contributed by atoms with E-state index < -0.39 is 0 Å². The Hall–Kier alpha value is -0.0800. The van der Waals surface area contributed by atoms with Crippen molar-refractivity contribution in [1.82, 2.24) is 10.2 Å². The van der Waals surface area contributed by atoms with Gasteiger partial charge in [0.05, 0.1) is 0 Å². The molecular weight excluding hydrogens is 172 g/mol. The highest BCUT2D eigenvalue weighted by Gasteiger charge is 2.38. The molecule has 2 unspecified atom stereocenters. The van der Waals surface area contributed by atoms with Gasteiger partial charge in [0, 0.05) is 18.6 Å². The van der Waals surface area contributed by atoms with Gasteiger partial charge in [0.25, 0.3) is 0 Å². The van der Waals surface area contributed by atoms with Crippen LogP contribution in [0.4, 0.5) is 0 Å². The summed E-state index contributed by atoms with van der Waals surface area (Å²) in [7, 11) is 0. The van der Waals surface area contributed by atoms with Crippen molar-refractivity contribution in [3.05, 3.63) is 0 Å². The summed E-state index contributed by atoms with van der Waals surface area (Å²) >= 11 is 0. The fourth-order valence-electron chi connectivity index (χ4n) is 3.23. The Morgan fingerprint density at radius 1 is 1.36 bits per heavy atom. The van der Waals surface area contributed by atoms with Crippen LogP contribution in [0.2, 0.25) is 0 Å². The number of piperidine rings is 1. The molecule has 2 saturated heterocycles. The zero-order chi connectivity index (χ0) is 10.0. The first-order chi connectivity index (χ1) is 6.80. The fourth-order valence-corrected chi connectivity index (χ4v) is 3.23. The lowest BCUT2D eigenvalue weighted by Gasteiger charge is -2.44. The maximum Gasteiger partial charge on any atom is 0.0328 e. The number of hydrogen-bond donors (Lipinski definition) is 1. The number of hydrogen-bond acceptors (Lipinski definition) is 2. The molecule has 2 atom stereocenters. The maximum atomic E-state index is 3.67. The van der Waals surface area contributed by atoms with E-state index in [9.17, 15) is 0 Å². The van der Waals surface area contributed by atoms with E-state index in [2.05, 4.69) is 24.1 Å². The van der Waals surface area contributed by atoms with Crippen LogP contribution in [0.25, 0.3) is 0 Å². The molecule has 1 N–H and O–H groups in total. The summed E-state index contributed by atoms with van der Waals surface area (Å²) in [6, 6.07) is 0. The first kappa shape index (κ1) is 10.4. The summed E-state index contributed by atoms with van der Waals surface area (Å²) in [6.07, 6.45) is 5.44. The van der Waals surface area contributed by atoms with Crippen LogP contribution in [-0.2, 0) is 0 Å². The molecule has 0 spiro atoms. The van der Waals surface area contributed by atoms with Crippen LogP contribution >= 0.6 is 0 Å². The Balaban J connectivity index is 2.15. The Kier molecular flexibility index (Phi) is 3.13. The van der Waals surface area contributed by atoms with Gasteiger partial charge in [-0.1, -0.05) is 13.8 Å². The molecule has 0 radical (unpaired) electrons. The van der Waals surface area contributed by atoms with Crippen LogP contribution in [0.1, 0.15) is 39.5 Å². The van der Waals surface area contributed by atoms with E-state index in [1.54, 1.807) is 0 Å². The molecular formula is C12H24N2. The van der Waals surface area contributed by atoms with Gasteiger partial charge >= 0.3 is 0 Å². The van der Waals surface area contributed by atoms with Crippen LogP contribution in [0, 0.1) is 5.92 Å². The third kappa shape index (κ3) is 1.70. The summed E-state index contributed by atoms with van der Waals surface area (Å²) in [5.41, 5.74) is 0.467. The summed E-state index contributed by atoms with van der Waals surface area (Å²) in [5.74, 6) is 0.920. The molecule has 2 rings (SSSR count). The normalized spacial score (nSPS) is 36.4. The Morgan fingerprint density at radius 3 is 2.86 bits per heavy atom. The molecule has 2 aliphatic heterocycles. The number of nitrogens with zero attached hydrogens (tertiary/aromatic N) is 1. The van der Waals surface area contributed by atoms with Crippen molar-refractivity contribution in [3.8, 4) is 0 Å². The van der Waals surface area contributed by atoms with E-state index in [1.807, 2.05) is 0 Å². The minimum atomic E-state index is 0.467. The predicted octanol–water partition coefficient (Wildman–Crippen LogP) is 1.86. The van der Waals surface area contributed by atoms with E-state index >= 15 is 0 Å². The second-order valence-corrected chi connectivity index (χ2v) is 5.02. The molecule has 0 amide bonds. The van der Waals surface area contributed by atoms with Crippen molar-refractivity contribution in [3.63, 3.8) is 0 Å². The highest BCUT2D eigenvalue weighted by Crippen LogP contribution is 2.31. The zero-order valence-electron chi connectivity index (χ0n) is 9.68. The summed E-state index contributed by atoms with van der Waals surface area (Å²) in [6.45, 7) is 9.82. The molecule has 0 aromatic carbocycles. The third-order valence-electron chi connectivity index (χ3n) is 4.39. The molecule has 2 heteroatoms. The molecule has 0 aliphatic carbocycles. The van der Waals surface area contributed by atoms with Crippen molar-refractivity contribution in [1.29, 1.82) is 0 Å². The highest BCUT2D eigenvalue weighted by molar-refractivity contribution is 4.96. The lowest BCUT2D eigenvalue weighted by atomic mass is 9.88. The molecule has 2 aliphatic rings. The molecule has 14 heavy (non-hydrogen) atoms. The van der Waals surface area contributed by atoms with E-state index in [4.69, 9.17) is 0 Å². The smallest absolute Gasteiger partial charge is 0.0328 e. The molecule has 2 nitrogen and oxygen atoms in total. The van der Waals surface area contributed by atoms with Crippen molar-refractivity contribution in [2.24, 2.45) is 5.92 Å². The summed E-state index contributed by atoms with van der Waals surface area (Å²) in [5, 5.41) is 3.67. The van der Waals surface area contributed by atoms with E-state index in [0.717, 1.165) is 5.92 Å². The van der Waals surface area contributed by atoms with Crippen molar-refractivity contribution in [2.75, 3.05) is 26.2 Å². The Labute approximate surface area is 88.1 Å². The number of nitrogens with one attached hydrogen (secondary N) is 1. The Bertz CT molecular complexity index is 187. The SMILES string of the molecule is CCC1(CC)CNCC2CCCN1C2. The minimum absolute atomic E-state index is 0.467. The molecule has 0 saturated carbocycles. The first-order valence-corrected chi connectivity index (χ1v) is 6.26. The fraction of sp³-hybridized carbons (Fsp3) is 1.00. The topological polar surface area (TPSA) is 15.3 Å². The molecule has 2 heterocycles. The second-order valence-electron chi connectivity index (χ2n) is 5.02. The quantitative estimate of drug-likeness (QED) is 0.725. The number of fused-ring (bicyclic) bond motifs is 2. The monoisotopic (exact) mass is 196 g/mol. The lowest BCUT2D eigenvalue weighted by Crippen LogP contribution is -2.54. The molecule has 0 aromatic rings. The Morgan fingerprint density at radius 2 is 2.14 bits per heavy atom. The van der Waals surface area contributed by atoms with Gasteiger partial charge in [-0.2, -0.15) is 0 Å².